The van der Waals surface area contributed by atoms with Crippen LogP contribution in [-0.4, -0.2) is 23.6 Å². The lowest BCUT2D eigenvalue weighted by atomic mass is 10.1. The maximum absolute atomic E-state index is 5.14. The van der Waals surface area contributed by atoms with Crippen LogP contribution >= 0.6 is 0 Å². The second-order valence-electron chi connectivity index (χ2n) is 4.32. The minimum absolute atomic E-state index is 0.640. The number of ether oxygens (including phenoxy) is 1. The van der Waals surface area contributed by atoms with Gasteiger partial charge in [0.2, 0.25) is 5.88 Å². The SMILES string of the molecule is COc1ncnc(NCCCC(C)C)c1C. The van der Waals surface area contributed by atoms with Gasteiger partial charge in [-0.25, -0.2) is 9.97 Å². The topological polar surface area (TPSA) is 47.0 Å². The minimum Gasteiger partial charge on any atom is -0.481 e. The zero-order valence-corrected chi connectivity index (χ0v) is 10.6. The molecular formula is C12H21N3O. The summed E-state index contributed by atoms with van der Waals surface area (Å²) >= 11 is 0. The van der Waals surface area contributed by atoms with Crippen molar-refractivity contribution in [3.8, 4) is 5.88 Å². The first kappa shape index (κ1) is 12.7. The average Bonchev–Trinajstić information content (AvgIpc) is 2.26. The fraction of sp³-hybridized carbons (Fsp3) is 0.667. The lowest BCUT2D eigenvalue weighted by molar-refractivity contribution is 0.393. The third-order valence-corrected chi connectivity index (χ3v) is 2.48. The van der Waals surface area contributed by atoms with Gasteiger partial charge >= 0.3 is 0 Å². The highest BCUT2D eigenvalue weighted by molar-refractivity contribution is 5.47. The van der Waals surface area contributed by atoms with Crippen molar-refractivity contribution >= 4 is 5.82 Å². The van der Waals surface area contributed by atoms with Gasteiger partial charge in [0.1, 0.15) is 12.1 Å². The van der Waals surface area contributed by atoms with Crippen LogP contribution in [0.1, 0.15) is 32.3 Å². The van der Waals surface area contributed by atoms with Crippen molar-refractivity contribution in [1.82, 2.24) is 9.97 Å². The van der Waals surface area contributed by atoms with Crippen molar-refractivity contribution in [2.45, 2.75) is 33.6 Å². The molecule has 0 aliphatic rings. The summed E-state index contributed by atoms with van der Waals surface area (Å²) in [5, 5.41) is 3.31. The number of anilines is 1. The molecule has 1 rings (SSSR count). The van der Waals surface area contributed by atoms with Gasteiger partial charge in [0.05, 0.1) is 12.7 Å². The first-order valence-electron chi connectivity index (χ1n) is 5.74. The summed E-state index contributed by atoms with van der Waals surface area (Å²) in [6.45, 7) is 7.38. The van der Waals surface area contributed by atoms with E-state index in [1.807, 2.05) is 6.92 Å². The van der Waals surface area contributed by atoms with Crippen molar-refractivity contribution in [2.24, 2.45) is 5.92 Å². The van der Waals surface area contributed by atoms with Crippen LogP contribution < -0.4 is 10.1 Å². The molecule has 0 atom stereocenters. The van der Waals surface area contributed by atoms with Crippen LogP contribution in [0.15, 0.2) is 6.33 Å². The van der Waals surface area contributed by atoms with Gasteiger partial charge in [-0.2, -0.15) is 0 Å². The summed E-state index contributed by atoms with van der Waals surface area (Å²) in [7, 11) is 1.62. The Balaban J connectivity index is 2.47. The van der Waals surface area contributed by atoms with E-state index < -0.39 is 0 Å². The van der Waals surface area contributed by atoms with Crippen LogP contribution in [0.5, 0.6) is 5.88 Å². The van der Waals surface area contributed by atoms with Gasteiger partial charge < -0.3 is 10.1 Å². The van der Waals surface area contributed by atoms with Crippen LogP contribution in [0.3, 0.4) is 0 Å². The second kappa shape index (κ2) is 6.30. The third-order valence-electron chi connectivity index (χ3n) is 2.48. The maximum atomic E-state index is 5.14. The molecule has 0 fully saturated rings. The Hall–Kier alpha value is -1.32. The number of aromatic nitrogens is 2. The maximum Gasteiger partial charge on any atom is 0.221 e. The van der Waals surface area contributed by atoms with Crippen molar-refractivity contribution < 1.29 is 4.74 Å². The number of nitrogens with one attached hydrogen (secondary N) is 1. The summed E-state index contributed by atoms with van der Waals surface area (Å²) < 4.78 is 5.14. The quantitative estimate of drug-likeness (QED) is 0.753. The highest BCUT2D eigenvalue weighted by atomic mass is 16.5. The summed E-state index contributed by atoms with van der Waals surface area (Å²) in [5.74, 6) is 2.26. The Kier molecular flexibility index (Phi) is 5.02. The highest BCUT2D eigenvalue weighted by Crippen LogP contribution is 2.19. The monoisotopic (exact) mass is 223 g/mol. The molecule has 1 heterocycles. The van der Waals surface area contributed by atoms with Gasteiger partial charge in [-0.05, 0) is 25.7 Å². The molecule has 0 radical (unpaired) electrons. The molecule has 0 aliphatic carbocycles. The first-order chi connectivity index (χ1) is 7.65. The molecule has 1 aromatic heterocycles. The van der Waals surface area contributed by atoms with Crippen LogP contribution in [0.4, 0.5) is 5.82 Å². The predicted molar refractivity (Wildman–Crippen MR) is 65.9 cm³/mol. The van der Waals surface area contributed by atoms with E-state index in [2.05, 4.69) is 29.1 Å². The molecule has 90 valence electrons. The molecule has 0 unspecified atom stereocenters. The number of hydrogen-bond acceptors (Lipinski definition) is 4. The molecule has 1 N–H and O–H groups in total. The van der Waals surface area contributed by atoms with Crippen molar-refractivity contribution in [3.05, 3.63) is 11.9 Å². The van der Waals surface area contributed by atoms with Crippen LogP contribution in [-0.2, 0) is 0 Å². The summed E-state index contributed by atoms with van der Waals surface area (Å²) in [6.07, 6.45) is 3.91. The normalized spacial score (nSPS) is 10.6. The van der Waals surface area contributed by atoms with Crippen LogP contribution in [0.25, 0.3) is 0 Å². The van der Waals surface area contributed by atoms with E-state index in [1.165, 1.54) is 12.7 Å². The Morgan fingerprint density at radius 2 is 2.12 bits per heavy atom. The number of hydrogen-bond donors (Lipinski definition) is 1. The van der Waals surface area contributed by atoms with E-state index in [1.54, 1.807) is 7.11 Å². The Labute approximate surface area is 97.5 Å². The van der Waals surface area contributed by atoms with Gasteiger partial charge in [0, 0.05) is 6.54 Å². The molecule has 4 nitrogen and oxygen atoms in total. The van der Waals surface area contributed by atoms with Crippen LogP contribution in [0, 0.1) is 12.8 Å². The number of nitrogens with zero attached hydrogens (tertiary/aromatic N) is 2. The predicted octanol–water partition coefficient (Wildman–Crippen LogP) is 2.64. The smallest absolute Gasteiger partial charge is 0.221 e. The van der Waals surface area contributed by atoms with E-state index in [0.717, 1.165) is 30.3 Å². The third kappa shape index (κ3) is 3.68. The summed E-state index contributed by atoms with van der Waals surface area (Å²) in [5.41, 5.74) is 0.967. The Morgan fingerprint density at radius 1 is 1.38 bits per heavy atom. The standard InChI is InChI=1S/C12H21N3O/c1-9(2)6-5-7-13-11-10(3)12(16-4)15-8-14-11/h8-9H,5-7H2,1-4H3,(H,13,14,15). The number of methoxy groups -OCH3 is 1. The highest BCUT2D eigenvalue weighted by Gasteiger charge is 2.06. The molecule has 0 bridgehead atoms. The van der Waals surface area contributed by atoms with Crippen molar-refractivity contribution in [3.63, 3.8) is 0 Å². The zero-order chi connectivity index (χ0) is 12.0. The van der Waals surface area contributed by atoms with Gasteiger partial charge in [-0.1, -0.05) is 13.8 Å². The van der Waals surface area contributed by atoms with Gasteiger partial charge in [0.15, 0.2) is 0 Å². The summed E-state index contributed by atoms with van der Waals surface area (Å²) in [6, 6.07) is 0. The van der Waals surface area contributed by atoms with Crippen molar-refractivity contribution in [1.29, 1.82) is 0 Å². The minimum atomic E-state index is 0.640. The molecule has 4 heteroatoms. The van der Waals surface area contributed by atoms with Gasteiger partial charge in [0.25, 0.3) is 0 Å². The molecule has 0 saturated heterocycles. The first-order valence-corrected chi connectivity index (χ1v) is 5.74. The Morgan fingerprint density at radius 3 is 2.75 bits per heavy atom. The van der Waals surface area contributed by atoms with Crippen LogP contribution in [0.2, 0.25) is 0 Å². The molecule has 1 aromatic rings. The number of rotatable bonds is 6. The van der Waals surface area contributed by atoms with Gasteiger partial charge in [-0.3, -0.25) is 0 Å². The lowest BCUT2D eigenvalue weighted by Gasteiger charge is -2.10. The van der Waals surface area contributed by atoms with E-state index in [9.17, 15) is 0 Å². The molecule has 0 aliphatic heterocycles. The van der Waals surface area contributed by atoms with E-state index in [4.69, 9.17) is 4.74 Å². The molecular weight excluding hydrogens is 202 g/mol. The molecule has 16 heavy (non-hydrogen) atoms. The molecule has 0 amide bonds. The molecule has 0 aromatic carbocycles. The molecule has 0 spiro atoms. The second-order valence-corrected chi connectivity index (χ2v) is 4.32. The van der Waals surface area contributed by atoms with E-state index >= 15 is 0 Å². The molecule has 0 saturated carbocycles. The zero-order valence-electron chi connectivity index (χ0n) is 10.6. The fourth-order valence-electron chi connectivity index (χ4n) is 1.54. The average molecular weight is 223 g/mol. The van der Waals surface area contributed by atoms with Gasteiger partial charge in [-0.15, -0.1) is 0 Å². The Bertz CT molecular complexity index is 326. The van der Waals surface area contributed by atoms with E-state index in [0.29, 0.717) is 5.88 Å². The van der Waals surface area contributed by atoms with E-state index in [-0.39, 0.29) is 0 Å². The largest absolute Gasteiger partial charge is 0.481 e. The lowest BCUT2D eigenvalue weighted by Crippen LogP contribution is -2.07. The fourth-order valence-corrected chi connectivity index (χ4v) is 1.54. The summed E-state index contributed by atoms with van der Waals surface area (Å²) in [4.78, 5) is 8.24. The van der Waals surface area contributed by atoms with Crippen molar-refractivity contribution in [2.75, 3.05) is 19.0 Å².